The van der Waals surface area contributed by atoms with Crippen molar-refractivity contribution in [3.05, 3.63) is 21.4 Å². The third-order valence-corrected chi connectivity index (χ3v) is 5.57. The quantitative estimate of drug-likeness (QED) is 0.903. The second-order valence-electron chi connectivity index (χ2n) is 5.62. The monoisotopic (exact) mass is 265 g/mol. The Kier molecular flexibility index (Phi) is 4.02. The molecule has 1 aromatic rings. The molecule has 1 aliphatic heterocycles. The van der Waals surface area contributed by atoms with Gasteiger partial charge >= 0.3 is 0 Å². The van der Waals surface area contributed by atoms with E-state index in [4.69, 9.17) is 10.5 Å². The van der Waals surface area contributed by atoms with Crippen molar-refractivity contribution in [1.29, 1.82) is 0 Å². The number of thiophene rings is 1. The molecule has 2 N–H and O–H groups in total. The molecule has 100 valence electrons. The highest BCUT2D eigenvalue weighted by atomic mass is 32.1. The summed E-state index contributed by atoms with van der Waals surface area (Å²) in [7, 11) is 0. The van der Waals surface area contributed by atoms with Crippen molar-refractivity contribution in [1.82, 2.24) is 0 Å². The molecule has 1 aliphatic carbocycles. The Hall–Kier alpha value is -0.380. The van der Waals surface area contributed by atoms with E-state index in [0.29, 0.717) is 6.10 Å². The molecule has 0 saturated carbocycles. The van der Waals surface area contributed by atoms with Crippen molar-refractivity contribution in [2.24, 2.45) is 5.73 Å². The van der Waals surface area contributed by atoms with Gasteiger partial charge in [-0.2, -0.15) is 0 Å². The van der Waals surface area contributed by atoms with Gasteiger partial charge in [-0.3, -0.25) is 0 Å². The lowest BCUT2D eigenvalue weighted by Crippen LogP contribution is -2.13. The van der Waals surface area contributed by atoms with E-state index in [2.05, 4.69) is 6.07 Å². The Labute approximate surface area is 114 Å². The molecule has 2 nitrogen and oxygen atoms in total. The maximum atomic E-state index is 6.34. The highest BCUT2D eigenvalue weighted by Crippen LogP contribution is 2.34. The molecule has 2 aliphatic rings. The number of hydrogen-bond acceptors (Lipinski definition) is 3. The molecule has 1 saturated heterocycles. The fourth-order valence-corrected chi connectivity index (χ4v) is 4.37. The average molecular weight is 265 g/mol. The number of hydrogen-bond donors (Lipinski definition) is 1. The predicted octanol–water partition coefficient (Wildman–Crippen LogP) is 3.59. The van der Waals surface area contributed by atoms with Crippen LogP contribution in [0.4, 0.5) is 0 Å². The normalized spacial score (nSPS) is 25.1. The van der Waals surface area contributed by atoms with Gasteiger partial charge in [0.05, 0.1) is 6.10 Å². The zero-order chi connectivity index (χ0) is 12.4. The van der Waals surface area contributed by atoms with E-state index in [1.54, 1.807) is 10.4 Å². The highest BCUT2D eigenvalue weighted by molar-refractivity contribution is 7.12. The van der Waals surface area contributed by atoms with E-state index in [9.17, 15) is 0 Å². The van der Waals surface area contributed by atoms with Gasteiger partial charge in [0.15, 0.2) is 0 Å². The van der Waals surface area contributed by atoms with Crippen LogP contribution in [0.1, 0.15) is 59.9 Å². The summed E-state index contributed by atoms with van der Waals surface area (Å²) < 4.78 is 5.67. The smallest absolute Gasteiger partial charge is 0.0576 e. The lowest BCUT2D eigenvalue weighted by Gasteiger charge is -2.13. The summed E-state index contributed by atoms with van der Waals surface area (Å²) in [6, 6.07) is 2.60. The lowest BCUT2D eigenvalue weighted by molar-refractivity contribution is 0.101. The van der Waals surface area contributed by atoms with Crippen molar-refractivity contribution in [2.45, 2.75) is 63.5 Å². The van der Waals surface area contributed by atoms with Crippen molar-refractivity contribution >= 4 is 11.3 Å². The minimum absolute atomic E-state index is 0.227. The molecule has 1 fully saturated rings. The first kappa shape index (κ1) is 12.6. The topological polar surface area (TPSA) is 35.2 Å². The fraction of sp³-hybridized carbons (Fsp3) is 0.733. The van der Waals surface area contributed by atoms with Crippen molar-refractivity contribution in [3.8, 4) is 0 Å². The summed E-state index contributed by atoms with van der Waals surface area (Å²) in [4.78, 5) is 3.00. The Morgan fingerprint density at radius 3 is 3.00 bits per heavy atom. The van der Waals surface area contributed by atoms with E-state index in [1.807, 2.05) is 11.3 Å². The molecule has 18 heavy (non-hydrogen) atoms. The standard InChI is InChI=1S/C15H23NOS/c16-13(8-7-12-5-3-9-17-12)15-10-11-4-1-2-6-14(11)18-15/h10,12-13H,1-9,16H2. The Morgan fingerprint density at radius 1 is 1.33 bits per heavy atom. The van der Waals surface area contributed by atoms with Crippen LogP contribution >= 0.6 is 11.3 Å². The number of fused-ring (bicyclic) bond motifs is 1. The third kappa shape index (κ3) is 2.79. The van der Waals surface area contributed by atoms with E-state index in [0.717, 1.165) is 19.4 Å². The van der Waals surface area contributed by atoms with Gasteiger partial charge in [0.2, 0.25) is 0 Å². The van der Waals surface area contributed by atoms with Crippen LogP contribution in [0.15, 0.2) is 6.07 Å². The largest absolute Gasteiger partial charge is 0.378 e. The van der Waals surface area contributed by atoms with Crippen LogP contribution in [-0.4, -0.2) is 12.7 Å². The maximum absolute atomic E-state index is 6.34. The molecule has 0 amide bonds. The fourth-order valence-electron chi connectivity index (χ4n) is 3.08. The summed E-state index contributed by atoms with van der Waals surface area (Å²) in [5, 5.41) is 0. The second kappa shape index (κ2) is 5.72. The lowest BCUT2D eigenvalue weighted by atomic mass is 9.98. The van der Waals surface area contributed by atoms with E-state index < -0.39 is 0 Å². The molecule has 0 aromatic carbocycles. The minimum atomic E-state index is 0.227. The molecule has 0 spiro atoms. The molecular weight excluding hydrogens is 242 g/mol. The van der Waals surface area contributed by atoms with Crippen LogP contribution < -0.4 is 5.73 Å². The highest BCUT2D eigenvalue weighted by Gasteiger charge is 2.20. The molecule has 2 heterocycles. The van der Waals surface area contributed by atoms with Gasteiger partial charge in [0.25, 0.3) is 0 Å². The summed E-state index contributed by atoms with van der Waals surface area (Å²) in [6.45, 7) is 0.952. The minimum Gasteiger partial charge on any atom is -0.378 e. The summed E-state index contributed by atoms with van der Waals surface area (Å²) in [5.74, 6) is 0. The molecule has 2 unspecified atom stereocenters. The number of aryl methyl sites for hydroxylation is 2. The SMILES string of the molecule is NC(CCC1CCCO1)c1cc2c(s1)CCCC2. The summed E-state index contributed by atoms with van der Waals surface area (Å²) >= 11 is 1.96. The first-order valence-corrected chi connectivity index (χ1v) is 8.13. The van der Waals surface area contributed by atoms with Crippen molar-refractivity contribution < 1.29 is 4.74 Å². The number of nitrogens with two attached hydrogens (primary N) is 1. The van der Waals surface area contributed by atoms with Crippen LogP contribution in [0.3, 0.4) is 0 Å². The molecule has 3 heteroatoms. The van der Waals surface area contributed by atoms with Crippen LogP contribution in [-0.2, 0) is 17.6 Å². The van der Waals surface area contributed by atoms with Gasteiger partial charge < -0.3 is 10.5 Å². The molecule has 0 radical (unpaired) electrons. The van der Waals surface area contributed by atoms with Gasteiger partial charge in [-0.1, -0.05) is 0 Å². The van der Waals surface area contributed by atoms with Crippen LogP contribution in [0, 0.1) is 0 Å². The molecule has 0 bridgehead atoms. The second-order valence-corrected chi connectivity index (χ2v) is 6.79. The van der Waals surface area contributed by atoms with E-state index in [1.165, 1.54) is 43.4 Å². The van der Waals surface area contributed by atoms with Gasteiger partial charge in [0, 0.05) is 22.4 Å². The van der Waals surface area contributed by atoms with Crippen molar-refractivity contribution in [2.75, 3.05) is 6.61 Å². The summed E-state index contributed by atoms with van der Waals surface area (Å²) in [5.41, 5.74) is 7.92. The molecule has 3 rings (SSSR count). The Balaban J connectivity index is 1.57. The van der Waals surface area contributed by atoms with Gasteiger partial charge in [0.1, 0.15) is 0 Å². The maximum Gasteiger partial charge on any atom is 0.0576 e. The van der Waals surface area contributed by atoms with E-state index >= 15 is 0 Å². The van der Waals surface area contributed by atoms with Crippen molar-refractivity contribution in [3.63, 3.8) is 0 Å². The molecule has 2 atom stereocenters. The first-order chi connectivity index (χ1) is 8.83. The third-order valence-electron chi connectivity index (χ3n) is 4.20. The average Bonchev–Trinajstić information content (AvgIpc) is 3.04. The van der Waals surface area contributed by atoms with E-state index in [-0.39, 0.29) is 6.04 Å². The zero-order valence-electron chi connectivity index (χ0n) is 11.0. The van der Waals surface area contributed by atoms with Gasteiger partial charge in [-0.15, -0.1) is 11.3 Å². The first-order valence-electron chi connectivity index (χ1n) is 7.31. The zero-order valence-corrected chi connectivity index (χ0v) is 11.8. The predicted molar refractivity (Wildman–Crippen MR) is 76.1 cm³/mol. The number of ether oxygens (including phenoxy) is 1. The van der Waals surface area contributed by atoms with Crippen LogP contribution in [0.2, 0.25) is 0 Å². The molecular formula is C15H23NOS. The van der Waals surface area contributed by atoms with Gasteiger partial charge in [-0.05, 0) is 63.0 Å². The Morgan fingerprint density at radius 2 is 2.22 bits per heavy atom. The number of rotatable bonds is 4. The summed E-state index contributed by atoms with van der Waals surface area (Å²) in [6.07, 6.45) is 10.4. The van der Waals surface area contributed by atoms with Gasteiger partial charge in [-0.25, -0.2) is 0 Å². The van der Waals surface area contributed by atoms with Crippen LogP contribution in [0.5, 0.6) is 0 Å². The Bertz CT molecular complexity index is 372. The molecule has 1 aromatic heterocycles. The van der Waals surface area contributed by atoms with Crippen LogP contribution in [0.25, 0.3) is 0 Å².